The molecule has 7 nitrogen and oxygen atoms in total. The second kappa shape index (κ2) is 6.53. The highest BCUT2D eigenvalue weighted by atomic mass is 16.5. The molecule has 134 valence electrons. The van der Waals surface area contributed by atoms with Crippen molar-refractivity contribution in [3.63, 3.8) is 0 Å². The molecule has 0 bridgehead atoms. The molecule has 0 saturated heterocycles. The van der Waals surface area contributed by atoms with Gasteiger partial charge in [0.1, 0.15) is 17.6 Å². The van der Waals surface area contributed by atoms with Gasteiger partial charge in [-0.25, -0.2) is 19.7 Å². The Balaban J connectivity index is 1.67. The Morgan fingerprint density at radius 2 is 1.89 bits per heavy atom. The van der Waals surface area contributed by atoms with Crippen LogP contribution in [0.1, 0.15) is 21.5 Å². The van der Waals surface area contributed by atoms with Crippen LogP contribution in [0.4, 0.5) is 0 Å². The smallest absolute Gasteiger partial charge is 0.344 e. The van der Waals surface area contributed by atoms with Crippen LogP contribution in [-0.2, 0) is 0 Å². The number of carbonyl (C=O) groups is 1. The number of oxazole rings is 1. The minimum Gasteiger partial charge on any atom is -0.507 e. The van der Waals surface area contributed by atoms with Gasteiger partial charge in [-0.1, -0.05) is 0 Å². The van der Waals surface area contributed by atoms with Crippen LogP contribution in [-0.4, -0.2) is 26.0 Å². The van der Waals surface area contributed by atoms with Crippen LogP contribution in [0.25, 0.3) is 22.6 Å². The van der Waals surface area contributed by atoms with Crippen molar-refractivity contribution in [2.45, 2.75) is 13.8 Å². The summed E-state index contributed by atoms with van der Waals surface area (Å²) in [4.78, 5) is 24.4. The van der Waals surface area contributed by atoms with Crippen molar-refractivity contribution in [2.24, 2.45) is 0 Å². The number of nitrogens with zero attached hydrogens (tertiary/aromatic N) is 3. The predicted molar refractivity (Wildman–Crippen MR) is 97.6 cm³/mol. The number of phenolic OH excluding ortho intramolecular Hbond substituents is 1. The fourth-order valence-corrected chi connectivity index (χ4v) is 2.75. The van der Waals surface area contributed by atoms with Gasteiger partial charge in [0.25, 0.3) is 0 Å². The summed E-state index contributed by atoms with van der Waals surface area (Å²) in [6.07, 6.45) is 2.79. The number of rotatable bonds is 3. The number of phenols is 1. The molecule has 0 amide bonds. The van der Waals surface area contributed by atoms with Crippen molar-refractivity contribution >= 4 is 17.1 Å². The first kappa shape index (κ1) is 16.7. The van der Waals surface area contributed by atoms with Gasteiger partial charge in [-0.15, -0.1) is 0 Å². The van der Waals surface area contributed by atoms with Gasteiger partial charge in [0, 0.05) is 17.8 Å². The molecule has 1 N–H and O–H groups in total. The Labute approximate surface area is 154 Å². The van der Waals surface area contributed by atoms with Crippen LogP contribution in [0.15, 0.2) is 53.3 Å². The molecule has 27 heavy (non-hydrogen) atoms. The largest absolute Gasteiger partial charge is 0.507 e. The number of benzene rings is 2. The van der Waals surface area contributed by atoms with Crippen molar-refractivity contribution < 1.29 is 19.1 Å². The number of aryl methyl sites for hydroxylation is 2. The standard InChI is InChI=1S/C20H15N3O4/c1-11-7-14(8-12(2)18(11)24)19-23-15-4-3-13(9-16(15)26-19)20(25)27-17-5-6-21-10-22-17/h3-10,24H,1-2H3. The molecular formula is C20H15N3O4. The van der Waals surface area contributed by atoms with Gasteiger partial charge in [-0.05, 0) is 55.3 Å². The number of esters is 1. The fraction of sp³-hybridized carbons (Fsp3) is 0.100. The molecule has 2 heterocycles. The number of carbonyl (C=O) groups excluding carboxylic acids is 1. The minimum absolute atomic E-state index is 0.170. The second-order valence-corrected chi connectivity index (χ2v) is 6.10. The highest BCUT2D eigenvalue weighted by Gasteiger charge is 2.15. The highest BCUT2D eigenvalue weighted by Crippen LogP contribution is 2.31. The van der Waals surface area contributed by atoms with Gasteiger partial charge in [0.2, 0.25) is 11.8 Å². The molecule has 0 atom stereocenters. The summed E-state index contributed by atoms with van der Waals surface area (Å²) < 4.78 is 11.0. The second-order valence-electron chi connectivity index (χ2n) is 6.10. The van der Waals surface area contributed by atoms with Crippen LogP contribution in [0.2, 0.25) is 0 Å². The van der Waals surface area contributed by atoms with Crippen molar-refractivity contribution in [2.75, 3.05) is 0 Å². The Morgan fingerprint density at radius 1 is 1.11 bits per heavy atom. The summed E-state index contributed by atoms with van der Waals surface area (Å²) in [6, 6.07) is 9.99. The van der Waals surface area contributed by atoms with Crippen molar-refractivity contribution in [1.82, 2.24) is 15.0 Å². The van der Waals surface area contributed by atoms with Crippen molar-refractivity contribution in [3.05, 3.63) is 65.6 Å². The van der Waals surface area contributed by atoms with Crippen LogP contribution < -0.4 is 4.74 Å². The molecule has 0 aliphatic carbocycles. The quantitative estimate of drug-likeness (QED) is 0.554. The zero-order valence-corrected chi connectivity index (χ0v) is 14.6. The van der Waals surface area contributed by atoms with Gasteiger partial charge >= 0.3 is 5.97 Å². The number of aromatic hydroxyl groups is 1. The van der Waals surface area contributed by atoms with Crippen molar-refractivity contribution in [1.29, 1.82) is 0 Å². The molecule has 0 saturated carbocycles. The third-order valence-corrected chi connectivity index (χ3v) is 4.11. The summed E-state index contributed by atoms with van der Waals surface area (Å²) in [5.41, 5.74) is 3.63. The molecule has 2 aromatic heterocycles. The van der Waals surface area contributed by atoms with Gasteiger partial charge in [0.15, 0.2) is 5.58 Å². The van der Waals surface area contributed by atoms with Crippen LogP contribution in [0.3, 0.4) is 0 Å². The Bertz CT molecular complexity index is 1130. The zero-order chi connectivity index (χ0) is 19.0. The highest BCUT2D eigenvalue weighted by molar-refractivity contribution is 5.94. The molecule has 0 aliphatic heterocycles. The van der Waals surface area contributed by atoms with Crippen LogP contribution in [0.5, 0.6) is 11.6 Å². The summed E-state index contributed by atoms with van der Waals surface area (Å²) in [5.74, 6) is 0.287. The Kier molecular flexibility index (Phi) is 4.04. The molecule has 0 unspecified atom stereocenters. The summed E-state index contributed by atoms with van der Waals surface area (Å²) in [6.45, 7) is 3.63. The molecule has 4 aromatic rings. The maximum absolute atomic E-state index is 12.3. The third-order valence-electron chi connectivity index (χ3n) is 4.11. The first-order chi connectivity index (χ1) is 13.0. The number of ether oxygens (including phenoxy) is 1. The van der Waals surface area contributed by atoms with E-state index in [0.29, 0.717) is 22.6 Å². The van der Waals surface area contributed by atoms with Crippen LogP contribution in [0, 0.1) is 13.8 Å². The fourth-order valence-electron chi connectivity index (χ4n) is 2.75. The van der Waals surface area contributed by atoms with E-state index in [4.69, 9.17) is 9.15 Å². The van der Waals surface area contributed by atoms with E-state index in [-0.39, 0.29) is 11.6 Å². The van der Waals surface area contributed by atoms with Crippen LogP contribution >= 0.6 is 0 Å². The lowest BCUT2D eigenvalue weighted by molar-refractivity contribution is 0.0727. The molecule has 2 aromatic carbocycles. The van der Waals surface area contributed by atoms with E-state index in [1.54, 1.807) is 30.3 Å². The molecular weight excluding hydrogens is 346 g/mol. The number of hydrogen-bond acceptors (Lipinski definition) is 7. The number of aromatic nitrogens is 3. The monoisotopic (exact) mass is 361 g/mol. The lowest BCUT2D eigenvalue weighted by Crippen LogP contribution is -2.09. The molecule has 0 radical (unpaired) electrons. The lowest BCUT2D eigenvalue weighted by Gasteiger charge is -2.04. The predicted octanol–water partition coefficient (Wildman–Crippen LogP) is 3.83. The van der Waals surface area contributed by atoms with E-state index >= 15 is 0 Å². The van der Waals surface area contributed by atoms with Gasteiger partial charge in [-0.2, -0.15) is 0 Å². The molecule has 0 aliphatic rings. The lowest BCUT2D eigenvalue weighted by atomic mass is 10.1. The van der Waals surface area contributed by atoms with E-state index in [0.717, 1.165) is 16.7 Å². The van der Waals surface area contributed by atoms with E-state index in [9.17, 15) is 9.90 Å². The number of fused-ring (bicyclic) bond motifs is 1. The third kappa shape index (κ3) is 3.22. The van der Waals surface area contributed by atoms with Gasteiger partial charge in [0.05, 0.1) is 5.56 Å². The summed E-state index contributed by atoms with van der Waals surface area (Å²) in [5, 5.41) is 9.92. The van der Waals surface area contributed by atoms with Gasteiger partial charge < -0.3 is 14.3 Å². The Morgan fingerprint density at radius 3 is 2.59 bits per heavy atom. The minimum atomic E-state index is -0.551. The first-order valence-corrected chi connectivity index (χ1v) is 8.20. The summed E-state index contributed by atoms with van der Waals surface area (Å²) >= 11 is 0. The van der Waals surface area contributed by atoms with Crippen molar-refractivity contribution in [3.8, 4) is 23.1 Å². The number of hydrogen-bond donors (Lipinski definition) is 1. The normalized spacial score (nSPS) is 10.9. The topological polar surface area (TPSA) is 98.3 Å². The van der Waals surface area contributed by atoms with E-state index in [1.807, 2.05) is 13.8 Å². The van der Waals surface area contributed by atoms with E-state index in [2.05, 4.69) is 15.0 Å². The average molecular weight is 361 g/mol. The van der Waals surface area contributed by atoms with E-state index in [1.165, 1.54) is 18.6 Å². The molecule has 4 rings (SSSR count). The molecule has 0 fully saturated rings. The zero-order valence-electron chi connectivity index (χ0n) is 14.6. The molecule has 0 spiro atoms. The SMILES string of the molecule is Cc1cc(-c2nc3ccc(C(=O)Oc4ccncn4)cc3o2)cc(C)c1O. The average Bonchev–Trinajstić information content (AvgIpc) is 3.10. The maximum atomic E-state index is 12.3. The van der Waals surface area contributed by atoms with E-state index < -0.39 is 5.97 Å². The molecule has 7 heteroatoms. The maximum Gasteiger partial charge on any atom is 0.344 e. The Hall–Kier alpha value is -3.74. The van der Waals surface area contributed by atoms with Gasteiger partial charge in [-0.3, -0.25) is 0 Å². The first-order valence-electron chi connectivity index (χ1n) is 8.20. The summed E-state index contributed by atoms with van der Waals surface area (Å²) in [7, 11) is 0.